The van der Waals surface area contributed by atoms with Gasteiger partial charge in [-0.2, -0.15) is 0 Å². The molecule has 2 aromatic carbocycles. The molecule has 0 radical (unpaired) electrons. The van der Waals surface area contributed by atoms with Gasteiger partial charge in [-0.1, -0.05) is 30.3 Å². The lowest BCUT2D eigenvalue weighted by molar-refractivity contribution is -0.120. The summed E-state index contributed by atoms with van der Waals surface area (Å²) in [4.78, 5) is 15.5. The van der Waals surface area contributed by atoms with Crippen molar-refractivity contribution in [3.8, 4) is 0 Å². The predicted molar refractivity (Wildman–Crippen MR) is 99.7 cm³/mol. The van der Waals surface area contributed by atoms with E-state index in [1.807, 2.05) is 43.5 Å². The number of para-hydroxylation sites is 1. The highest BCUT2D eigenvalue weighted by Gasteiger charge is 2.10. The van der Waals surface area contributed by atoms with Crippen molar-refractivity contribution < 1.29 is 9.21 Å². The summed E-state index contributed by atoms with van der Waals surface area (Å²) in [6.07, 6.45) is 4.84. The van der Waals surface area contributed by atoms with Gasteiger partial charge in [-0.3, -0.25) is 4.79 Å². The zero-order valence-corrected chi connectivity index (χ0v) is 14.1. The molecule has 4 heteroatoms. The normalized spacial score (nSPS) is 11.2. The molecular formula is C21H20N2O2. The van der Waals surface area contributed by atoms with Crippen LogP contribution >= 0.6 is 0 Å². The van der Waals surface area contributed by atoms with E-state index in [0.717, 1.165) is 34.0 Å². The van der Waals surface area contributed by atoms with E-state index in [4.69, 9.17) is 4.42 Å². The minimum absolute atomic E-state index is 0.0168. The fraction of sp³-hybridized carbons (Fsp3) is 0.190. The number of H-pyrrole nitrogens is 1. The van der Waals surface area contributed by atoms with Gasteiger partial charge in [-0.15, -0.1) is 0 Å². The number of rotatable bonds is 5. The van der Waals surface area contributed by atoms with Crippen LogP contribution in [0.3, 0.4) is 0 Å². The van der Waals surface area contributed by atoms with Gasteiger partial charge in [-0.05, 0) is 36.6 Å². The molecule has 4 aromatic rings. The molecule has 0 unspecified atom stereocenters. The van der Waals surface area contributed by atoms with Gasteiger partial charge in [0, 0.05) is 34.6 Å². The van der Waals surface area contributed by atoms with Gasteiger partial charge >= 0.3 is 0 Å². The summed E-state index contributed by atoms with van der Waals surface area (Å²) >= 11 is 0. The van der Waals surface area contributed by atoms with E-state index in [2.05, 4.69) is 22.4 Å². The van der Waals surface area contributed by atoms with E-state index >= 15 is 0 Å². The lowest BCUT2D eigenvalue weighted by Gasteiger charge is -2.04. The van der Waals surface area contributed by atoms with Gasteiger partial charge in [0.1, 0.15) is 5.58 Å². The smallest absolute Gasteiger partial charge is 0.224 e. The monoisotopic (exact) mass is 332 g/mol. The fourth-order valence-corrected chi connectivity index (χ4v) is 3.24. The molecular weight excluding hydrogens is 312 g/mol. The first kappa shape index (κ1) is 15.5. The minimum Gasteiger partial charge on any atom is -0.464 e. The highest BCUT2D eigenvalue weighted by Crippen LogP contribution is 2.22. The average molecular weight is 332 g/mol. The van der Waals surface area contributed by atoms with Crippen molar-refractivity contribution in [2.24, 2.45) is 0 Å². The Hall–Kier alpha value is -3.01. The predicted octanol–water partition coefficient (Wildman–Crippen LogP) is 4.12. The second kappa shape index (κ2) is 6.48. The molecule has 25 heavy (non-hydrogen) atoms. The van der Waals surface area contributed by atoms with Gasteiger partial charge in [0.05, 0.1) is 12.7 Å². The number of aromatic amines is 1. The van der Waals surface area contributed by atoms with E-state index in [1.165, 1.54) is 10.9 Å². The lowest BCUT2D eigenvalue weighted by atomic mass is 10.1. The van der Waals surface area contributed by atoms with Crippen molar-refractivity contribution in [2.75, 3.05) is 6.54 Å². The van der Waals surface area contributed by atoms with Crippen molar-refractivity contribution in [2.45, 2.75) is 19.8 Å². The van der Waals surface area contributed by atoms with Crippen molar-refractivity contribution >= 4 is 27.8 Å². The first-order valence-corrected chi connectivity index (χ1v) is 8.49. The van der Waals surface area contributed by atoms with Gasteiger partial charge in [0.15, 0.2) is 0 Å². The Kier molecular flexibility index (Phi) is 4.02. The third-order valence-electron chi connectivity index (χ3n) is 4.55. The van der Waals surface area contributed by atoms with Crippen molar-refractivity contribution in [1.82, 2.24) is 10.3 Å². The number of hydrogen-bond acceptors (Lipinski definition) is 2. The molecule has 0 aliphatic rings. The molecule has 2 aromatic heterocycles. The van der Waals surface area contributed by atoms with Crippen LogP contribution in [0.25, 0.3) is 21.9 Å². The highest BCUT2D eigenvalue weighted by molar-refractivity contribution is 5.88. The van der Waals surface area contributed by atoms with E-state index in [0.29, 0.717) is 13.0 Å². The summed E-state index contributed by atoms with van der Waals surface area (Å²) in [6.45, 7) is 2.65. The maximum atomic E-state index is 12.3. The third-order valence-corrected chi connectivity index (χ3v) is 4.55. The summed E-state index contributed by atoms with van der Waals surface area (Å²) < 4.78 is 5.56. The molecule has 0 saturated heterocycles. The Labute approximate surface area is 145 Å². The molecule has 0 saturated carbocycles. The number of nitrogens with one attached hydrogen (secondary N) is 2. The van der Waals surface area contributed by atoms with E-state index in [9.17, 15) is 4.79 Å². The Morgan fingerprint density at radius 1 is 1.12 bits per heavy atom. The quantitative estimate of drug-likeness (QED) is 0.577. The maximum absolute atomic E-state index is 12.3. The number of hydrogen-bond donors (Lipinski definition) is 2. The van der Waals surface area contributed by atoms with Gasteiger partial charge in [-0.25, -0.2) is 0 Å². The van der Waals surface area contributed by atoms with Crippen LogP contribution in [-0.4, -0.2) is 17.4 Å². The molecule has 0 atom stereocenters. The van der Waals surface area contributed by atoms with Crippen LogP contribution in [0.15, 0.2) is 59.3 Å². The Morgan fingerprint density at radius 2 is 2.00 bits per heavy atom. The van der Waals surface area contributed by atoms with E-state index < -0.39 is 0 Å². The average Bonchev–Trinajstić information content (AvgIpc) is 3.19. The second-order valence-corrected chi connectivity index (χ2v) is 6.40. The first-order valence-electron chi connectivity index (χ1n) is 8.49. The number of aryl methyl sites for hydroxylation is 1. The lowest BCUT2D eigenvalue weighted by Crippen LogP contribution is -2.27. The van der Waals surface area contributed by atoms with Gasteiger partial charge in [0.2, 0.25) is 5.91 Å². The molecule has 2 N–H and O–H groups in total. The zero-order valence-electron chi connectivity index (χ0n) is 14.1. The summed E-state index contributed by atoms with van der Waals surface area (Å²) in [5.41, 5.74) is 5.27. The number of fused-ring (bicyclic) bond motifs is 2. The zero-order chi connectivity index (χ0) is 17.2. The van der Waals surface area contributed by atoms with E-state index in [-0.39, 0.29) is 5.91 Å². The maximum Gasteiger partial charge on any atom is 0.224 e. The van der Waals surface area contributed by atoms with E-state index in [1.54, 1.807) is 6.26 Å². The minimum atomic E-state index is 0.0168. The van der Waals surface area contributed by atoms with Crippen LogP contribution in [0.4, 0.5) is 0 Å². The molecule has 4 nitrogen and oxygen atoms in total. The first-order chi connectivity index (χ1) is 12.2. The Balaban J connectivity index is 1.37. The summed E-state index contributed by atoms with van der Waals surface area (Å²) in [5.74, 6) is 0.0168. The molecule has 0 spiro atoms. The summed E-state index contributed by atoms with van der Waals surface area (Å²) in [6, 6.07) is 14.3. The van der Waals surface area contributed by atoms with Crippen molar-refractivity contribution in [3.05, 3.63) is 71.6 Å². The number of aromatic nitrogens is 1. The highest BCUT2D eigenvalue weighted by atomic mass is 16.3. The molecule has 126 valence electrons. The number of benzene rings is 2. The van der Waals surface area contributed by atoms with Crippen molar-refractivity contribution in [1.29, 1.82) is 0 Å². The van der Waals surface area contributed by atoms with Crippen molar-refractivity contribution in [3.63, 3.8) is 0 Å². The van der Waals surface area contributed by atoms with Gasteiger partial charge < -0.3 is 14.7 Å². The van der Waals surface area contributed by atoms with Crippen LogP contribution < -0.4 is 5.32 Å². The Morgan fingerprint density at radius 3 is 2.92 bits per heavy atom. The molecule has 0 aliphatic carbocycles. The topological polar surface area (TPSA) is 58.0 Å². The Bertz CT molecular complexity index is 1040. The van der Waals surface area contributed by atoms with Crippen LogP contribution in [-0.2, 0) is 17.6 Å². The summed E-state index contributed by atoms with van der Waals surface area (Å²) in [5, 5.41) is 5.23. The second-order valence-electron chi connectivity index (χ2n) is 6.40. The van der Waals surface area contributed by atoms with Crippen LogP contribution in [0.2, 0.25) is 0 Å². The van der Waals surface area contributed by atoms with Crippen LogP contribution in [0.5, 0.6) is 0 Å². The summed E-state index contributed by atoms with van der Waals surface area (Å²) in [7, 11) is 0. The van der Waals surface area contributed by atoms with Gasteiger partial charge in [0.25, 0.3) is 0 Å². The number of carbonyl (C=O) groups excluding carboxylic acids is 1. The molecule has 0 aliphatic heterocycles. The molecule has 2 heterocycles. The largest absolute Gasteiger partial charge is 0.464 e. The third kappa shape index (κ3) is 3.15. The molecule has 0 bridgehead atoms. The molecule has 4 rings (SSSR count). The molecule has 0 fully saturated rings. The number of carbonyl (C=O) groups is 1. The van der Waals surface area contributed by atoms with Crippen LogP contribution in [0, 0.1) is 6.92 Å². The SMILES string of the molecule is Cc1ccc2c(CC(=O)NCCc3c[nH]c4ccccc34)coc2c1. The fourth-order valence-electron chi connectivity index (χ4n) is 3.24. The molecule has 1 amide bonds. The van der Waals surface area contributed by atoms with Crippen LogP contribution in [0.1, 0.15) is 16.7 Å². The standard InChI is InChI=1S/C21H20N2O2/c1-14-6-7-18-16(13-25-20(18)10-14)11-21(24)22-9-8-15-12-23-19-5-3-2-4-17(15)19/h2-7,10,12-13,23H,8-9,11H2,1H3,(H,22,24). The number of furan rings is 1. The number of amides is 1.